The summed E-state index contributed by atoms with van der Waals surface area (Å²) in [6.45, 7) is 1.94. The van der Waals surface area contributed by atoms with Crippen molar-refractivity contribution < 1.29 is 9.90 Å². The first-order chi connectivity index (χ1) is 7.99. The average Bonchev–Trinajstić information content (AvgIpc) is 2.60. The number of carboxylic acids is 1. The van der Waals surface area contributed by atoms with Crippen LogP contribution in [0.25, 0.3) is 5.69 Å². The van der Waals surface area contributed by atoms with Gasteiger partial charge in [0, 0.05) is 20.8 Å². The van der Waals surface area contributed by atoms with Gasteiger partial charge in [0.15, 0.2) is 0 Å². The zero-order chi connectivity index (χ0) is 12.6. The largest absolute Gasteiger partial charge is 0.477 e. The van der Waals surface area contributed by atoms with Gasteiger partial charge in [0.2, 0.25) is 0 Å². The number of aryl methyl sites for hydroxylation is 1. The lowest BCUT2D eigenvalue weighted by molar-refractivity contribution is 0.0688. The number of rotatable bonds is 2. The molecule has 2 rings (SSSR count). The molecule has 0 aliphatic carbocycles. The van der Waals surface area contributed by atoms with Crippen molar-refractivity contribution in [3.05, 3.63) is 50.7 Å². The van der Waals surface area contributed by atoms with Gasteiger partial charge in [-0.25, -0.2) is 4.79 Å². The number of halogens is 2. The molecule has 1 heterocycles. The molecule has 0 aliphatic heterocycles. The number of nitrogens with zero attached hydrogens (tertiary/aromatic N) is 1. The minimum Gasteiger partial charge on any atom is -0.477 e. The molecule has 0 bridgehead atoms. The summed E-state index contributed by atoms with van der Waals surface area (Å²) in [4.78, 5) is 11.1. The molecule has 88 valence electrons. The smallest absolute Gasteiger partial charge is 0.352 e. The van der Waals surface area contributed by atoms with Crippen molar-refractivity contribution >= 4 is 37.8 Å². The Bertz CT molecular complexity index is 590. The second kappa shape index (κ2) is 4.66. The quantitative estimate of drug-likeness (QED) is 0.881. The molecule has 0 radical (unpaired) electrons. The predicted octanol–water partition coefficient (Wildman–Crippen LogP) is 4.01. The van der Waals surface area contributed by atoms with E-state index in [1.165, 1.54) is 0 Å². The van der Waals surface area contributed by atoms with Gasteiger partial charge in [0.1, 0.15) is 5.69 Å². The molecule has 0 unspecified atom stereocenters. The molecule has 0 aliphatic rings. The van der Waals surface area contributed by atoms with Crippen LogP contribution in [0.1, 0.15) is 16.1 Å². The van der Waals surface area contributed by atoms with Crippen molar-refractivity contribution in [3.8, 4) is 5.69 Å². The summed E-state index contributed by atoms with van der Waals surface area (Å²) >= 11 is 6.68. The van der Waals surface area contributed by atoms with Crippen LogP contribution in [0.2, 0.25) is 0 Å². The van der Waals surface area contributed by atoms with Crippen LogP contribution in [-0.4, -0.2) is 15.6 Å². The van der Waals surface area contributed by atoms with Gasteiger partial charge < -0.3 is 9.67 Å². The summed E-state index contributed by atoms with van der Waals surface area (Å²) in [7, 11) is 0. The second-order valence-corrected chi connectivity index (χ2v) is 5.48. The van der Waals surface area contributed by atoms with E-state index in [4.69, 9.17) is 5.11 Å². The highest BCUT2D eigenvalue weighted by Crippen LogP contribution is 2.24. The lowest BCUT2D eigenvalue weighted by atomic mass is 10.2. The zero-order valence-electron chi connectivity index (χ0n) is 8.95. The SMILES string of the molecule is Cc1cc(Br)ccc1-n1cc(Br)cc1C(=O)O. The molecule has 2 aromatic rings. The van der Waals surface area contributed by atoms with E-state index in [9.17, 15) is 4.79 Å². The first kappa shape index (κ1) is 12.4. The fourth-order valence-electron chi connectivity index (χ4n) is 1.68. The molecule has 0 atom stereocenters. The van der Waals surface area contributed by atoms with E-state index in [-0.39, 0.29) is 5.69 Å². The highest BCUT2D eigenvalue weighted by atomic mass is 79.9. The average molecular weight is 359 g/mol. The summed E-state index contributed by atoms with van der Waals surface area (Å²) in [6, 6.07) is 7.32. The van der Waals surface area contributed by atoms with Crippen LogP contribution in [-0.2, 0) is 0 Å². The van der Waals surface area contributed by atoms with Crippen LogP contribution in [0.3, 0.4) is 0 Å². The van der Waals surface area contributed by atoms with E-state index in [1.54, 1.807) is 16.8 Å². The highest BCUT2D eigenvalue weighted by Gasteiger charge is 2.14. The first-order valence-electron chi connectivity index (χ1n) is 4.87. The van der Waals surface area contributed by atoms with Crippen LogP contribution >= 0.6 is 31.9 Å². The fraction of sp³-hybridized carbons (Fsp3) is 0.0833. The molecule has 17 heavy (non-hydrogen) atoms. The molecule has 0 saturated carbocycles. The summed E-state index contributed by atoms with van der Waals surface area (Å²) < 4.78 is 3.38. The fourth-order valence-corrected chi connectivity index (χ4v) is 2.58. The van der Waals surface area contributed by atoms with E-state index in [2.05, 4.69) is 31.9 Å². The van der Waals surface area contributed by atoms with Gasteiger partial charge in [-0.1, -0.05) is 15.9 Å². The van der Waals surface area contributed by atoms with E-state index < -0.39 is 5.97 Å². The third-order valence-corrected chi connectivity index (χ3v) is 3.35. The molecule has 0 fully saturated rings. The van der Waals surface area contributed by atoms with Gasteiger partial charge in [-0.3, -0.25) is 0 Å². The Labute approximate surface area is 115 Å². The van der Waals surface area contributed by atoms with Crippen molar-refractivity contribution in [2.75, 3.05) is 0 Å². The summed E-state index contributed by atoms with van der Waals surface area (Å²) in [6.07, 6.45) is 1.75. The van der Waals surface area contributed by atoms with Crippen molar-refractivity contribution in [1.82, 2.24) is 4.57 Å². The molecule has 0 amide bonds. The topological polar surface area (TPSA) is 42.2 Å². The Morgan fingerprint density at radius 1 is 1.24 bits per heavy atom. The molecule has 0 saturated heterocycles. The predicted molar refractivity (Wildman–Crippen MR) is 72.9 cm³/mol. The lowest BCUT2D eigenvalue weighted by Gasteiger charge is -2.09. The molecule has 1 aromatic heterocycles. The second-order valence-electron chi connectivity index (χ2n) is 3.65. The summed E-state index contributed by atoms with van der Waals surface area (Å²) in [5.74, 6) is -0.946. The van der Waals surface area contributed by atoms with Crippen LogP contribution in [0.15, 0.2) is 39.4 Å². The number of aromatic carboxylic acids is 1. The van der Waals surface area contributed by atoms with Crippen molar-refractivity contribution in [2.45, 2.75) is 6.92 Å². The number of hydrogen-bond acceptors (Lipinski definition) is 1. The van der Waals surface area contributed by atoms with Gasteiger partial charge in [-0.05, 0) is 52.7 Å². The minimum atomic E-state index is -0.946. The van der Waals surface area contributed by atoms with Crippen molar-refractivity contribution in [1.29, 1.82) is 0 Å². The third-order valence-electron chi connectivity index (χ3n) is 2.42. The zero-order valence-corrected chi connectivity index (χ0v) is 12.1. The number of hydrogen-bond donors (Lipinski definition) is 1. The van der Waals surface area contributed by atoms with Crippen molar-refractivity contribution in [2.24, 2.45) is 0 Å². The van der Waals surface area contributed by atoms with Crippen LogP contribution in [0.4, 0.5) is 0 Å². The Balaban J connectivity index is 2.63. The van der Waals surface area contributed by atoms with Crippen molar-refractivity contribution in [3.63, 3.8) is 0 Å². The van der Waals surface area contributed by atoms with Gasteiger partial charge in [-0.2, -0.15) is 0 Å². The number of benzene rings is 1. The van der Waals surface area contributed by atoms with Gasteiger partial charge in [0.25, 0.3) is 0 Å². The highest BCUT2D eigenvalue weighted by molar-refractivity contribution is 9.10. The molecular formula is C12H9Br2NO2. The van der Waals surface area contributed by atoms with E-state index >= 15 is 0 Å². The Hall–Kier alpha value is -1.07. The van der Waals surface area contributed by atoms with E-state index in [0.717, 1.165) is 20.2 Å². The summed E-state index contributed by atoms with van der Waals surface area (Å²) in [5.41, 5.74) is 2.10. The number of carbonyl (C=O) groups is 1. The minimum absolute atomic E-state index is 0.238. The monoisotopic (exact) mass is 357 g/mol. The molecule has 1 N–H and O–H groups in total. The van der Waals surface area contributed by atoms with Gasteiger partial charge >= 0.3 is 5.97 Å². The number of carboxylic acid groups (broad SMARTS) is 1. The normalized spacial score (nSPS) is 10.5. The van der Waals surface area contributed by atoms with Crippen LogP contribution < -0.4 is 0 Å². The van der Waals surface area contributed by atoms with Crippen LogP contribution in [0, 0.1) is 6.92 Å². The van der Waals surface area contributed by atoms with E-state index in [0.29, 0.717) is 0 Å². The maximum absolute atomic E-state index is 11.1. The molecule has 3 nitrogen and oxygen atoms in total. The number of aromatic nitrogens is 1. The standard InChI is InChI=1S/C12H9Br2NO2/c1-7-4-8(13)2-3-10(7)15-6-9(14)5-11(15)12(16)17/h2-6H,1H3,(H,16,17). The Kier molecular flexibility index (Phi) is 3.40. The molecule has 5 heteroatoms. The van der Waals surface area contributed by atoms with Gasteiger partial charge in [0.05, 0.1) is 0 Å². The van der Waals surface area contributed by atoms with Crippen LogP contribution in [0.5, 0.6) is 0 Å². The maximum Gasteiger partial charge on any atom is 0.352 e. The molecule has 1 aromatic carbocycles. The molecular weight excluding hydrogens is 350 g/mol. The Morgan fingerprint density at radius 2 is 1.94 bits per heavy atom. The third kappa shape index (κ3) is 2.45. The maximum atomic E-state index is 11.1. The summed E-state index contributed by atoms with van der Waals surface area (Å²) in [5, 5.41) is 9.13. The van der Waals surface area contributed by atoms with E-state index in [1.807, 2.05) is 25.1 Å². The lowest BCUT2D eigenvalue weighted by Crippen LogP contribution is -2.06. The Morgan fingerprint density at radius 3 is 2.53 bits per heavy atom. The van der Waals surface area contributed by atoms with Gasteiger partial charge in [-0.15, -0.1) is 0 Å². The molecule has 0 spiro atoms. The first-order valence-corrected chi connectivity index (χ1v) is 6.45.